The van der Waals surface area contributed by atoms with Crippen LogP contribution in [0.5, 0.6) is 5.75 Å². The second-order valence-corrected chi connectivity index (χ2v) is 6.67. The van der Waals surface area contributed by atoms with Gasteiger partial charge in [-0.3, -0.25) is 4.79 Å². The lowest BCUT2D eigenvalue weighted by Crippen LogP contribution is -2.64. The molecule has 3 aliphatic rings. The number of nitrogens with zero attached hydrogens (tertiary/aromatic N) is 1. The van der Waals surface area contributed by atoms with Crippen LogP contribution in [0.15, 0.2) is 24.3 Å². The molecule has 2 saturated heterocycles. The van der Waals surface area contributed by atoms with E-state index in [2.05, 4.69) is 0 Å². The molecule has 3 fully saturated rings. The van der Waals surface area contributed by atoms with Crippen LogP contribution in [0.1, 0.15) is 29.6 Å². The molecule has 1 N–H and O–H groups in total. The molecule has 118 valence electrons. The molecule has 2 heterocycles. The second-order valence-electron chi connectivity index (χ2n) is 6.67. The number of ether oxygens (including phenoxy) is 2. The van der Waals surface area contributed by atoms with Crippen LogP contribution < -0.4 is 4.74 Å². The molecule has 4 rings (SSSR count). The highest BCUT2D eigenvalue weighted by atomic mass is 16.5. The number of likely N-dealkylation sites (tertiary alicyclic amines) is 1. The van der Waals surface area contributed by atoms with Crippen molar-refractivity contribution in [1.82, 2.24) is 4.90 Å². The first-order valence-electron chi connectivity index (χ1n) is 8.00. The summed E-state index contributed by atoms with van der Waals surface area (Å²) in [5.41, 5.74) is 0.0224. The summed E-state index contributed by atoms with van der Waals surface area (Å²) in [6, 6.07) is 7.25. The van der Waals surface area contributed by atoms with E-state index in [0.717, 1.165) is 31.6 Å². The Balaban J connectivity index is 1.35. The standard InChI is InChI=1S/C17H21NO4/c19-16(18-10-17(20,11-18)13-3-4-13)12-1-5-14(6-2-12)22-15-7-8-21-9-15/h1-2,5-6,13,15,20H,3-4,7-11H2. The van der Waals surface area contributed by atoms with Gasteiger partial charge >= 0.3 is 0 Å². The highest BCUT2D eigenvalue weighted by Gasteiger charge is 2.53. The second kappa shape index (κ2) is 5.25. The number of hydrogen-bond donors (Lipinski definition) is 1. The number of aliphatic hydroxyl groups is 1. The van der Waals surface area contributed by atoms with Gasteiger partial charge in [0.1, 0.15) is 17.5 Å². The van der Waals surface area contributed by atoms with Gasteiger partial charge in [0, 0.05) is 12.0 Å². The summed E-state index contributed by atoms with van der Waals surface area (Å²) in [6.45, 7) is 2.32. The predicted octanol–water partition coefficient (Wildman–Crippen LogP) is 1.45. The van der Waals surface area contributed by atoms with Crippen molar-refractivity contribution in [3.8, 4) is 5.75 Å². The summed E-state index contributed by atoms with van der Waals surface area (Å²) in [6.07, 6.45) is 3.21. The van der Waals surface area contributed by atoms with Crippen LogP contribution in [-0.4, -0.2) is 53.9 Å². The summed E-state index contributed by atoms with van der Waals surface area (Å²) in [5.74, 6) is 1.16. The van der Waals surface area contributed by atoms with Gasteiger partial charge in [-0.15, -0.1) is 0 Å². The number of carbonyl (C=O) groups is 1. The molecular formula is C17H21NO4. The molecule has 5 heteroatoms. The molecule has 1 atom stereocenters. The van der Waals surface area contributed by atoms with Crippen LogP contribution >= 0.6 is 0 Å². The molecule has 0 radical (unpaired) electrons. The zero-order valence-electron chi connectivity index (χ0n) is 12.5. The largest absolute Gasteiger partial charge is 0.488 e. The lowest BCUT2D eigenvalue weighted by atomic mass is 9.88. The maximum atomic E-state index is 12.4. The van der Waals surface area contributed by atoms with E-state index in [4.69, 9.17) is 9.47 Å². The summed E-state index contributed by atoms with van der Waals surface area (Å²) < 4.78 is 11.1. The summed E-state index contributed by atoms with van der Waals surface area (Å²) in [5, 5.41) is 10.3. The number of hydrogen-bond acceptors (Lipinski definition) is 4. The Morgan fingerprint density at radius 3 is 2.55 bits per heavy atom. The molecule has 0 aromatic heterocycles. The molecule has 1 aliphatic carbocycles. The molecule has 5 nitrogen and oxygen atoms in total. The van der Waals surface area contributed by atoms with E-state index in [9.17, 15) is 9.90 Å². The Hall–Kier alpha value is -1.59. The van der Waals surface area contributed by atoms with E-state index in [-0.39, 0.29) is 12.0 Å². The minimum absolute atomic E-state index is 0.0129. The monoisotopic (exact) mass is 303 g/mol. The summed E-state index contributed by atoms with van der Waals surface area (Å²) >= 11 is 0. The molecule has 1 amide bonds. The molecule has 1 aromatic carbocycles. The molecule has 2 aliphatic heterocycles. The summed E-state index contributed by atoms with van der Waals surface area (Å²) in [4.78, 5) is 14.1. The molecule has 1 saturated carbocycles. The van der Waals surface area contributed by atoms with E-state index in [1.165, 1.54) is 0 Å². The van der Waals surface area contributed by atoms with Crippen LogP contribution in [-0.2, 0) is 4.74 Å². The first-order chi connectivity index (χ1) is 10.6. The molecule has 0 bridgehead atoms. The average Bonchev–Trinajstić information content (AvgIpc) is 3.23. The SMILES string of the molecule is O=C(c1ccc(OC2CCOC2)cc1)N1CC(O)(C2CC2)C1. The first kappa shape index (κ1) is 14.0. The van der Waals surface area contributed by atoms with Crippen molar-refractivity contribution in [2.24, 2.45) is 5.92 Å². The van der Waals surface area contributed by atoms with E-state index >= 15 is 0 Å². The zero-order chi connectivity index (χ0) is 15.2. The topological polar surface area (TPSA) is 59.0 Å². The number of carbonyl (C=O) groups excluding carboxylic acids is 1. The number of rotatable bonds is 4. The maximum Gasteiger partial charge on any atom is 0.254 e. The van der Waals surface area contributed by atoms with Gasteiger partial charge in [-0.25, -0.2) is 0 Å². The molecule has 22 heavy (non-hydrogen) atoms. The van der Waals surface area contributed by atoms with E-state index in [0.29, 0.717) is 31.2 Å². The van der Waals surface area contributed by atoms with Gasteiger partial charge in [0.05, 0.1) is 26.3 Å². The average molecular weight is 303 g/mol. The lowest BCUT2D eigenvalue weighted by molar-refractivity contribution is -0.0958. The maximum absolute atomic E-state index is 12.4. The Bertz CT molecular complexity index is 555. The van der Waals surface area contributed by atoms with Gasteiger partial charge in [-0.05, 0) is 43.0 Å². The Morgan fingerprint density at radius 2 is 1.95 bits per heavy atom. The number of β-amino-alcohol motifs (C(OH)–C–C–N with tert-alkyl or cyclic N) is 1. The van der Waals surface area contributed by atoms with Crippen LogP contribution in [0, 0.1) is 5.92 Å². The molecule has 0 spiro atoms. The highest BCUT2D eigenvalue weighted by molar-refractivity contribution is 5.95. The van der Waals surface area contributed by atoms with Crippen molar-refractivity contribution < 1.29 is 19.4 Å². The van der Waals surface area contributed by atoms with Crippen LogP contribution in [0.25, 0.3) is 0 Å². The van der Waals surface area contributed by atoms with E-state index in [1.54, 1.807) is 17.0 Å². The zero-order valence-corrected chi connectivity index (χ0v) is 12.5. The third-order valence-corrected chi connectivity index (χ3v) is 4.85. The normalized spacial score (nSPS) is 26.6. The molecule has 1 aromatic rings. The smallest absolute Gasteiger partial charge is 0.254 e. The minimum atomic E-state index is -0.624. The molecular weight excluding hydrogens is 282 g/mol. The van der Waals surface area contributed by atoms with Gasteiger partial charge in [0.25, 0.3) is 5.91 Å². The Morgan fingerprint density at radius 1 is 1.23 bits per heavy atom. The first-order valence-corrected chi connectivity index (χ1v) is 8.00. The van der Waals surface area contributed by atoms with Gasteiger partial charge in [0.2, 0.25) is 0 Å². The van der Waals surface area contributed by atoms with Crippen LogP contribution in [0.3, 0.4) is 0 Å². The Labute approximate surface area is 129 Å². The quantitative estimate of drug-likeness (QED) is 0.914. The molecule has 1 unspecified atom stereocenters. The fraction of sp³-hybridized carbons (Fsp3) is 0.588. The van der Waals surface area contributed by atoms with Gasteiger partial charge in [0.15, 0.2) is 0 Å². The number of benzene rings is 1. The van der Waals surface area contributed by atoms with Gasteiger partial charge in [-0.2, -0.15) is 0 Å². The van der Waals surface area contributed by atoms with E-state index < -0.39 is 5.60 Å². The number of amides is 1. The van der Waals surface area contributed by atoms with Crippen LogP contribution in [0.2, 0.25) is 0 Å². The summed E-state index contributed by atoms with van der Waals surface area (Å²) in [7, 11) is 0. The Kier molecular flexibility index (Phi) is 3.35. The van der Waals surface area contributed by atoms with Crippen molar-refractivity contribution in [2.45, 2.75) is 31.0 Å². The highest BCUT2D eigenvalue weighted by Crippen LogP contribution is 2.44. The van der Waals surface area contributed by atoms with Crippen molar-refractivity contribution in [1.29, 1.82) is 0 Å². The van der Waals surface area contributed by atoms with E-state index in [1.807, 2.05) is 12.1 Å². The van der Waals surface area contributed by atoms with Crippen molar-refractivity contribution >= 4 is 5.91 Å². The van der Waals surface area contributed by atoms with Gasteiger partial charge in [-0.1, -0.05) is 0 Å². The third-order valence-electron chi connectivity index (χ3n) is 4.85. The fourth-order valence-corrected chi connectivity index (χ4v) is 3.29. The fourth-order valence-electron chi connectivity index (χ4n) is 3.29. The minimum Gasteiger partial charge on any atom is -0.488 e. The third kappa shape index (κ3) is 2.59. The van der Waals surface area contributed by atoms with Crippen LogP contribution in [0.4, 0.5) is 0 Å². The van der Waals surface area contributed by atoms with Crippen molar-refractivity contribution in [2.75, 3.05) is 26.3 Å². The van der Waals surface area contributed by atoms with Crippen molar-refractivity contribution in [3.63, 3.8) is 0 Å². The van der Waals surface area contributed by atoms with Crippen molar-refractivity contribution in [3.05, 3.63) is 29.8 Å². The van der Waals surface area contributed by atoms with Gasteiger partial charge < -0.3 is 19.5 Å². The predicted molar refractivity (Wildman–Crippen MR) is 79.9 cm³/mol. The lowest BCUT2D eigenvalue weighted by Gasteiger charge is -2.47.